The van der Waals surface area contributed by atoms with Crippen LogP contribution in [0.3, 0.4) is 0 Å². The maximum Gasteiger partial charge on any atom is 0.223 e. The number of unbranched alkanes of at least 4 members (excludes halogenated alkanes) is 1. The molecule has 0 spiro atoms. The maximum atomic E-state index is 13.2. The Balaban J connectivity index is 0.905. The molecule has 5 saturated carbocycles. The van der Waals surface area contributed by atoms with Crippen molar-refractivity contribution in [3.63, 3.8) is 0 Å². The first-order valence-electron chi connectivity index (χ1n) is 14.9. The molecule has 4 bridgehead atoms. The van der Waals surface area contributed by atoms with Gasteiger partial charge in [0.05, 0.1) is 0 Å². The lowest BCUT2D eigenvalue weighted by Gasteiger charge is -2.57. The topological polar surface area (TPSA) is 44.4 Å². The Kier molecular flexibility index (Phi) is 8.34. The fourth-order valence-electron chi connectivity index (χ4n) is 8.83. The van der Waals surface area contributed by atoms with Gasteiger partial charge < -0.3 is 15.5 Å². The molecule has 1 heterocycles. The molecule has 1 saturated heterocycles. The second kappa shape index (κ2) is 11.4. The first-order chi connectivity index (χ1) is 16.2. The minimum Gasteiger partial charge on any atom is -0.343 e. The normalized spacial score (nSPS) is 34.8. The first kappa shape index (κ1) is 24.1. The first-order valence-corrected chi connectivity index (χ1v) is 14.9. The van der Waals surface area contributed by atoms with Crippen LogP contribution in [0.5, 0.6) is 0 Å². The van der Waals surface area contributed by atoms with Crippen LogP contribution in [0.15, 0.2) is 0 Å². The molecule has 2 N–H and O–H groups in total. The Hall–Kier alpha value is -0.610. The number of hydrogen-bond acceptors (Lipinski definition) is 3. The number of rotatable bonds is 11. The summed E-state index contributed by atoms with van der Waals surface area (Å²) in [7, 11) is 0. The van der Waals surface area contributed by atoms with Gasteiger partial charge in [0, 0.05) is 19.5 Å². The van der Waals surface area contributed by atoms with E-state index in [-0.39, 0.29) is 0 Å². The molecule has 1 amide bonds. The highest BCUT2D eigenvalue weighted by Gasteiger charge is 2.51. The van der Waals surface area contributed by atoms with Gasteiger partial charge in [-0.05, 0) is 138 Å². The molecule has 0 radical (unpaired) electrons. The van der Waals surface area contributed by atoms with Gasteiger partial charge in [0.25, 0.3) is 0 Å². The van der Waals surface area contributed by atoms with Crippen LogP contribution >= 0.6 is 0 Å². The summed E-state index contributed by atoms with van der Waals surface area (Å²) in [5.41, 5.74) is 0.398. The highest BCUT2D eigenvalue weighted by molar-refractivity contribution is 5.77. The summed E-state index contributed by atoms with van der Waals surface area (Å²) in [4.78, 5) is 15.4. The monoisotopic (exact) mass is 457 g/mol. The van der Waals surface area contributed by atoms with Crippen molar-refractivity contribution < 1.29 is 4.79 Å². The number of nitrogens with zero attached hydrogens (tertiary/aromatic N) is 1. The van der Waals surface area contributed by atoms with E-state index in [9.17, 15) is 4.79 Å². The number of nitrogens with one attached hydrogen (secondary N) is 2. The van der Waals surface area contributed by atoms with Crippen LogP contribution in [0.1, 0.15) is 103 Å². The molecule has 4 nitrogen and oxygen atoms in total. The van der Waals surface area contributed by atoms with E-state index < -0.39 is 0 Å². The van der Waals surface area contributed by atoms with E-state index in [1.54, 1.807) is 0 Å². The number of likely N-dealkylation sites (tertiary alicyclic amines) is 1. The second-order valence-corrected chi connectivity index (χ2v) is 13.0. The van der Waals surface area contributed by atoms with Gasteiger partial charge in [-0.15, -0.1) is 0 Å². The average Bonchev–Trinajstić information content (AvgIpc) is 2.80. The van der Waals surface area contributed by atoms with Crippen molar-refractivity contribution in [1.82, 2.24) is 15.5 Å². The summed E-state index contributed by atoms with van der Waals surface area (Å²) in [5.74, 6) is 5.06. The van der Waals surface area contributed by atoms with Crippen molar-refractivity contribution in [3.05, 3.63) is 0 Å². The van der Waals surface area contributed by atoms with Crippen molar-refractivity contribution >= 4 is 5.91 Å². The zero-order valence-corrected chi connectivity index (χ0v) is 21.3. The molecule has 0 aromatic heterocycles. The van der Waals surface area contributed by atoms with Crippen molar-refractivity contribution in [1.29, 1.82) is 0 Å². The summed E-state index contributed by atoms with van der Waals surface area (Å²) in [6.07, 6.45) is 21.6. The van der Waals surface area contributed by atoms with Crippen LogP contribution < -0.4 is 10.6 Å². The number of carbonyl (C=O) groups excluding carboxylic acids is 1. The Bertz CT molecular complexity index is 585. The molecule has 0 aromatic rings. The van der Waals surface area contributed by atoms with E-state index in [2.05, 4.69) is 15.5 Å². The maximum absolute atomic E-state index is 13.2. The molecule has 4 heteroatoms. The lowest BCUT2D eigenvalue weighted by molar-refractivity contribution is -0.140. The fourth-order valence-corrected chi connectivity index (χ4v) is 8.83. The van der Waals surface area contributed by atoms with Gasteiger partial charge >= 0.3 is 0 Å². The summed E-state index contributed by atoms with van der Waals surface area (Å²) in [5, 5.41) is 7.40. The van der Waals surface area contributed by atoms with Crippen LogP contribution in [0.25, 0.3) is 0 Å². The van der Waals surface area contributed by atoms with Gasteiger partial charge in [0.15, 0.2) is 0 Å². The zero-order valence-electron chi connectivity index (χ0n) is 21.3. The molecule has 188 valence electrons. The summed E-state index contributed by atoms with van der Waals surface area (Å²) < 4.78 is 0. The highest BCUT2D eigenvalue weighted by Crippen LogP contribution is 2.61. The summed E-state index contributed by atoms with van der Waals surface area (Å²) in [6, 6.07) is 0. The molecule has 6 aliphatic rings. The van der Waals surface area contributed by atoms with E-state index in [1.165, 1.54) is 109 Å². The molecule has 5 aliphatic carbocycles. The summed E-state index contributed by atoms with van der Waals surface area (Å²) >= 11 is 0. The third kappa shape index (κ3) is 6.54. The average molecular weight is 458 g/mol. The molecule has 0 atom stereocenters. The standard InChI is InChI=1S/C29H51N3O/c33-28(20-29-17-25-14-26(18-29)16-27(15-25)19-29)32-12-8-24(9-13-32)22-31-11-5-4-10-30-21-23-6-2-1-3-7-23/h23-27,30-31H,1-22H2. The molecule has 0 aromatic carbocycles. The highest BCUT2D eigenvalue weighted by atomic mass is 16.2. The molecular formula is C29H51N3O. The Morgan fingerprint density at radius 1 is 0.727 bits per heavy atom. The zero-order chi connectivity index (χ0) is 22.5. The molecule has 6 fully saturated rings. The van der Waals surface area contributed by atoms with Crippen molar-refractivity contribution in [3.8, 4) is 0 Å². The van der Waals surface area contributed by atoms with Crippen LogP contribution in [0.2, 0.25) is 0 Å². The minimum atomic E-state index is 0.398. The molecule has 0 unspecified atom stereocenters. The van der Waals surface area contributed by atoms with E-state index in [0.29, 0.717) is 11.3 Å². The molecule has 1 aliphatic heterocycles. The Morgan fingerprint density at radius 3 is 1.79 bits per heavy atom. The number of carbonyl (C=O) groups is 1. The molecule has 6 rings (SSSR count). The quantitative estimate of drug-likeness (QED) is 0.410. The van der Waals surface area contributed by atoms with Gasteiger partial charge in [-0.1, -0.05) is 19.3 Å². The molecular weight excluding hydrogens is 406 g/mol. The second-order valence-electron chi connectivity index (χ2n) is 13.0. The SMILES string of the molecule is O=C(CC12CC3CC(CC(C3)C1)C2)N1CCC(CNCCCCNCC2CCCCC2)CC1. The minimum absolute atomic E-state index is 0.398. The van der Waals surface area contributed by atoms with Crippen LogP contribution in [0, 0.1) is 35.0 Å². The fraction of sp³-hybridized carbons (Fsp3) is 0.966. The van der Waals surface area contributed by atoms with Gasteiger partial charge in [0.2, 0.25) is 5.91 Å². The lowest BCUT2D eigenvalue weighted by Crippen LogP contribution is -2.49. The lowest BCUT2D eigenvalue weighted by atomic mass is 9.49. The van der Waals surface area contributed by atoms with Crippen LogP contribution in [-0.4, -0.2) is 50.1 Å². The van der Waals surface area contributed by atoms with Crippen molar-refractivity contribution in [2.45, 2.75) is 103 Å². The molecule has 33 heavy (non-hydrogen) atoms. The number of amides is 1. The van der Waals surface area contributed by atoms with E-state index >= 15 is 0 Å². The smallest absolute Gasteiger partial charge is 0.223 e. The number of piperidine rings is 1. The van der Waals surface area contributed by atoms with E-state index in [1.807, 2.05) is 0 Å². The van der Waals surface area contributed by atoms with Gasteiger partial charge in [0.1, 0.15) is 0 Å². The van der Waals surface area contributed by atoms with Crippen molar-refractivity contribution in [2.75, 3.05) is 39.3 Å². The third-order valence-electron chi connectivity index (χ3n) is 10.2. The van der Waals surface area contributed by atoms with E-state index in [4.69, 9.17) is 0 Å². The predicted octanol–water partition coefficient (Wildman–Crippen LogP) is 5.37. The summed E-state index contributed by atoms with van der Waals surface area (Å²) in [6.45, 7) is 6.73. The van der Waals surface area contributed by atoms with Gasteiger partial charge in [-0.3, -0.25) is 4.79 Å². The Labute approximate surface area is 203 Å². The third-order valence-corrected chi connectivity index (χ3v) is 10.2. The largest absolute Gasteiger partial charge is 0.343 e. The van der Waals surface area contributed by atoms with Crippen LogP contribution in [0.4, 0.5) is 0 Å². The van der Waals surface area contributed by atoms with Gasteiger partial charge in [-0.2, -0.15) is 0 Å². The van der Waals surface area contributed by atoms with Crippen LogP contribution in [-0.2, 0) is 4.79 Å². The number of hydrogen-bond donors (Lipinski definition) is 2. The van der Waals surface area contributed by atoms with Gasteiger partial charge in [-0.25, -0.2) is 0 Å². The Morgan fingerprint density at radius 2 is 1.24 bits per heavy atom. The predicted molar refractivity (Wildman–Crippen MR) is 136 cm³/mol. The van der Waals surface area contributed by atoms with Crippen molar-refractivity contribution in [2.24, 2.45) is 35.0 Å². The van der Waals surface area contributed by atoms with E-state index in [0.717, 1.165) is 62.2 Å².